The summed E-state index contributed by atoms with van der Waals surface area (Å²) >= 11 is 0. The average Bonchev–Trinajstić information content (AvgIpc) is 2.81. The maximum Gasteiger partial charge on any atom is 0.393 e. The first kappa shape index (κ1) is 12.3. The third-order valence-electron chi connectivity index (χ3n) is 3.44. The van der Waals surface area contributed by atoms with Gasteiger partial charge in [-0.25, -0.2) is 0 Å². The van der Waals surface area contributed by atoms with E-state index in [9.17, 15) is 13.2 Å². The van der Waals surface area contributed by atoms with Crippen LogP contribution in [-0.2, 0) is 0 Å². The van der Waals surface area contributed by atoms with E-state index in [0.717, 1.165) is 0 Å². The van der Waals surface area contributed by atoms with Crippen molar-refractivity contribution in [2.24, 2.45) is 5.92 Å². The van der Waals surface area contributed by atoms with Crippen molar-refractivity contribution in [3.63, 3.8) is 0 Å². The second-order valence-corrected chi connectivity index (χ2v) is 4.79. The first-order valence-electron chi connectivity index (χ1n) is 6.21. The summed E-state index contributed by atoms with van der Waals surface area (Å²) in [6.07, 6.45) is -3.46. The van der Waals surface area contributed by atoms with Crippen molar-refractivity contribution in [1.29, 1.82) is 0 Å². The minimum absolute atomic E-state index is 0.0731. The standard InChI is InChI=1S/C13H13F3N2O/c14-13(15,16)9-4-3-7-18(8-9)12-17-10-5-1-2-6-11(10)19-12/h1-2,5-6,9H,3-4,7-8H2/t9-/m0/s1. The molecule has 2 heterocycles. The van der Waals surface area contributed by atoms with Crippen molar-refractivity contribution in [3.8, 4) is 0 Å². The molecule has 1 aliphatic rings. The number of halogens is 3. The lowest BCUT2D eigenvalue weighted by molar-refractivity contribution is -0.176. The lowest BCUT2D eigenvalue weighted by Gasteiger charge is -2.32. The molecule has 6 heteroatoms. The van der Waals surface area contributed by atoms with Gasteiger partial charge in [0.15, 0.2) is 5.58 Å². The van der Waals surface area contributed by atoms with E-state index in [2.05, 4.69) is 4.98 Å². The SMILES string of the molecule is FC(F)(F)[C@H]1CCCN(c2nc3ccccc3o2)C1. The van der Waals surface area contributed by atoms with Gasteiger partial charge in [-0.2, -0.15) is 18.2 Å². The molecule has 0 aliphatic carbocycles. The molecule has 1 aromatic carbocycles. The molecule has 3 nitrogen and oxygen atoms in total. The van der Waals surface area contributed by atoms with Crippen molar-refractivity contribution in [2.45, 2.75) is 19.0 Å². The van der Waals surface area contributed by atoms with Crippen molar-refractivity contribution in [1.82, 2.24) is 4.98 Å². The molecule has 1 atom stereocenters. The number of nitrogens with zero attached hydrogens (tertiary/aromatic N) is 2. The summed E-state index contributed by atoms with van der Waals surface area (Å²) < 4.78 is 43.8. The van der Waals surface area contributed by atoms with Gasteiger partial charge in [-0.05, 0) is 25.0 Å². The smallest absolute Gasteiger partial charge is 0.393 e. The Morgan fingerprint density at radius 3 is 2.79 bits per heavy atom. The molecule has 102 valence electrons. The molecule has 3 rings (SSSR count). The summed E-state index contributed by atoms with van der Waals surface area (Å²) in [6.45, 7) is 0.482. The Balaban J connectivity index is 1.85. The molecule has 2 aromatic rings. The molecule has 0 bridgehead atoms. The molecule has 19 heavy (non-hydrogen) atoms. The van der Waals surface area contributed by atoms with Crippen LogP contribution in [0.2, 0.25) is 0 Å². The van der Waals surface area contributed by atoms with E-state index in [-0.39, 0.29) is 19.0 Å². The molecule has 1 fully saturated rings. The molecule has 1 aliphatic heterocycles. The number of hydrogen-bond donors (Lipinski definition) is 0. The molecule has 1 saturated heterocycles. The van der Waals surface area contributed by atoms with Crippen molar-refractivity contribution in [3.05, 3.63) is 24.3 Å². The van der Waals surface area contributed by atoms with E-state index in [4.69, 9.17) is 4.42 Å². The Hall–Kier alpha value is -1.72. The van der Waals surface area contributed by atoms with Gasteiger partial charge in [0.25, 0.3) is 6.01 Å². The maximum atomic E-state index is 12.8. The third-order valence-corrected chi connectivity index (χ3v) is 3.44. The first-order valence-corrected chi connectivity index (χ1v) is 6.21. The van der Waals surface area contributed by atoms with Gasteiger partial charge in [-0.15, -0.1) is 0 Å². The maximum absolute atomic E-state index is 12.8. The first-order chi connectivity index (χ1) is 9.04. The van der Waals surface area contributed by atoms with E-state index < -0.39 is 12.1 Å². The fourth-order valence-corrected chi connectivity index (χ4v) is 2.41. The van der Waals surface area contributed by atoms with Crippen molar-refractivity contribution >= 4 is 17.1 Å². The topological polar surface area (TPSA) is 29.3 Å². The third kappa shape index (κ3) is 2.39. The van der Waals surface area contributed by atoms with Crippen LogP contribution in [0.5, 0.6) is 0 Å². The van der Waals surface area contributed by atoms with Crippen LogP contribution in [0.15, 0.2) is 28.7 Å². The highest BCUT2D eigenvalue weighted by molar-refractivity contribution is 5.74. The van der Waals surface area contributed by atoms with Crippen LogP contribution < -0.4 is 4.90 Å². The molecular formula is C13H13F3N2O. The van der Waals surface area contributed by atoms with Crippen LogP contribution in [0, 0.1) is 5.92 Å². The zero-order chi connectivity index (χ0) is 13.5. The summed E-state index contributed by atoms with van der Waals surface area (Å²) in [5.74, 6) is -1.30. The van der Waals surface area contributed by atoms with Crippen LogP contribution in [0.1, 0.15) is 12.8 Å². The largest absolute Gasteiger partial charge is 0.423 e. The van der Waals surface area contributed by atoms with Gasteiger partial charge in [0.1, 0.15) is 5.52 Å². The molecule has 0 radical (unpaired) electrons. The van der Waals surface area contributed by atoms with Crippen LogP contribution in [0.4, 0.5) is 19.2 Å². The number of rotatable bonds is 1. The Morgan fingerprint density at radius 1 is 1.26 bits per heavy atom. The number of anilines is 1. The summed E-state index contributed by atoms with van der Waals surface area (Å²) in [6, 6.07) is 7.47. The summed E-state index contributed by atoms with van der Waals surface area (Å²) in [5.41, 5.74) is 1.28. The number of hydrogen-bond acceptors (Lipinski definition) is 3. The summed E-state index contributed by atoms with van der Waals surface area (Å²) in [4.78, 5) is 5.83. The average molecular weight is 270 g/mol. The fourth-order valence-electron chi connectivity index (χ4n) is 2.41. The van der Waals surface area contributed by atoms with Gasteiger partial charge in [-0.3, -0.25) is 0 Å². The van der Waals surface area contributed by atoms with Gasteiger partial charge in [0.05, 0.1) is 5.92 Å². The normalized spacial score (nSPS) is 21.0. The number of aromatic nitrogens is 1. The summed E-state index contributed by atoms with van der Waals surface area (Å²) in [7, 11) is 0. The lowest BCUT2D eigenvalue weighted by Crippen LogP contribution is -2.41. The Morgan fingerprint density at radius 2 is 2.05 bits per heavy atom. The fraction of sp³-hybridized carbons (Fsp3) is 0.462. The van der Waals surface area contributed by atoms with Crippen LogP contribution in [0.3, 0.4) is 0 Å². The number of fused-ring (bicyclic) bond motifs is 1. The van der Waals surface area contributed by atoms with Gasteiger partial charge >= 0.3 is 6.18 Å². The minimum Gasteiger partial charge on any atom is -0.423 e. The van der Waals surface area contributed by atoms with Crippen LogP contribution in [0.25, 0.3) is 11.1 Å². The molecule has 0 saturated carbocycles. The highest BCUT2D eigenvalue weighted by Crippen LogP contribution is 2.35. The molecular weight excluding hydrogens is 257 g/mol. The van der Waals surface area contributed by atoms with E-state index in [1.165, 1.54) is 0 Å². The Kier molecular flexibility index (Phi) is 2.88. The zero-order valence-corrected chi connectivity index (χ0v) is 10.2. The second kappa shape index (κ2) is 4.43. The molecule has 0 N–H and O–H groups in total. The van der Waals surface area contributed by atoms with Crippen LogP contribution in [-0.4, -0.2) is 24.2 Å². The summed E-state index contributed by atoms with van der Waals surface area (Å²) in [5, 5.41) is 0. The zero-order valence-electron chi connectivity index (χ0n) is 10.2. The van der Waals surface area contributed by atoms with Gasteiger partial charge in [0, 0.05) is 13.1 Å². The van der Waals surface area contributed by atoms with E-state index in [1.807, 2.05) is 12.1 Å². The van der Waals surface area contributed by atoms with E-state index in [1.54, 1.807) is 17.0 Å². The predicted octanol–water partition coefficient (Wildman–Crippen LogP) is 3.61. The number of para-hydroxylation sites is 2. The molecule has 0 amide bonds. The predicted molar refractivity (Wildman–Crippen MR) is 65.0 cm³/mol. The van der Waals surface area contributed by atoms with Crippen LogP contribution >= 0.6 is 0 Å². The number of oxazole rings is 1. The molecule has 0 unspecified atom stereocenters. The highest BCUT2D eigenvalue weighted by atomic mass is 19.4. The lowest BCUT2D eigenvalue weighted by atomic mass is 9.98. The van der Waals surface area contributed by atoms with Gasteiger partial charge in [-0.1, -0.05) is 12.1 Å². The number of piperidine rings is 1. The Labute approximate surface area is 108 Å². The van der Waals surface area contributed by atoms with Gasteiger partial charge < -0.3 is 9.32 Å². The minimum atomic E-state index is -4.15. The number of benzene rings is 1. The molecule has 1 aromatic heterocycles. The number of alkyl halides is 3. The second-order valence-electron chi connectivity index (χ2n) is 4.79. The van der Waals surface area contributed by atoms with Crippen molar-refractivity contribution in [2.75, 3.05) is 18.0 Å². The highest BCUT2D eigenvalue weighted by Gasteiger charge is 2.42. The van der Waals surface area contributed by atoms with Gasteiger partial charge in [0.2, 0.25) is 0 Å². The van der Waals surface area contributed by atoms with Crippen molar-refractivity contribution < 1.29 is 17.6 Å². The molecule has 0 spiro atoms. The quantitative estimate of drug-likeness (QED) is 0.792. The Bertz CT molecular complexity index is 546. The van der Waals surface area contributed by atoms with E-state index in [0.29, 0.717) is 24.1 Å². The van der Waals surface area contributed by atoms with E-state index >= 15 is 0 Å². The monoisotopic (exact) mass is 270 g/mol.